The molecule has 0 unspecified atom stereocenters. The third kappa shape index (κ3) is 5.11. The fraction of sp³-hybridized carbons (Fsp3) is 0.435. The quantitative estimate of drug-likeness (QED) is 0.781. The Hall–Kier alpha value is -2.60. The highest BCUT2D eigenvalue weighted by Crippen LogP contribution is 2.24. The predicted molar refractivity (Wildman–Crippen MR) is 119 cm³/mol. The largest absolute Gasteiger partial charge is 0.357 e. The van der Waals surface area contributed by atoms with Crippen LogP contribution < -0.4 is 10.2 Å². The monoisotopic (exact) mass is 426 g/mol. The lowest BCUT2D eigenvalue weighted by atomic mass is 9.95. The summed E-state index contributed by atoms with van der Waals surface area (Å²) in [6, 6.07) is 11.6. The third-order valence-corrected chi connectivity index (χ3v) is 6.11. The van der Waals surface area contributed by atoms with Crippen LogP contribution in [0.15, 0.2) is 42.6 Å². The highest BCUT2D eigenvalue weighted by atomic mass is 35.5. The Morgan fingerprint density at radius 1 is 1.13 bits per heavy atom. The van der Waals surface area contributed by atoms with Crippen LogP contribution in [-0.2, 0) is 16.1 Å². The molecule has 2 aliphatic rings. The van der Waals surface area contributed by atoms with Crippen LogP contribution in [0.5, 0.6) is 0 Å². The van der Waals surface area contributed by atoms with E-state index in [1.165, 1.54) is 0 Å². The zero-order valence-electron chi connectivity index (χ0n) is 17.0. The van der Waals surface area contributed by atoms with Crippen LogP contribution in [0.25, 0.3) is 0 Å². The highest BCUT2D eigenvalue weighted by molar-refractivity contribution is 6.30. The van der Waals surface area contributed by atoms with Crippen LogP contribution in [-0.4, -0.2) is 41.3 Å². The van der Waals surface area contributed by atoms with E-state index in [-0.39, 0.29) is 17.7 Å². The molecule has 0 radical (unpaired) electrons. The molecule has 4 rings (SSSR count). The number of benzene rings is 1. The summed E-state index contributed by atoms with van der Waals surface area (Å²) in [4.78, 5) is 33.3. The Labute approximate surface area is 182 Å². The summed E-state index contributed by atoms with van der Waals surface area (Å²) in [6.45, 7) is 3.01. The van der Waals surface area contributed by atoms with E-state index in [1.54, 1.807) is 6.20 Å². The number of halogens is 1. The first-order chi connectivity index (χ1) is 14.6. The van der Waals surface area contributed by atoms with Gasteiger partial charge in [0.05, 0.1) is 5.02 Å². The van der Waals surface area contributed by atoms with Crippen molar-refractivity contribution in [1.82, 2.24) is 9.88 Å². The molecule has 2 amide bonds. The summed E-state index contributed by atoms with van der Waals surface area (Å²) >= 11 is 5.91. The number of nitrogens with one attached hydrogen (secondary N) is 1. The molecule has 0 aliphatic carbocycles. The van der Waals surface area contributed by atoms with E-state index in [9.17, 15) is 9.59 Å². The van der Waals surface area contributed by atoms with E-state index in [2.05, 4.69) is 15.2 Å². The van der Waals surface area contributed by atoms with Crippen molar-refractivity contribution >= 4 is 34.9 Å². The lowest BCUT2D eigenvalue weighted by Gasteiger charge is -2.32. The predicted octanol–water partition coefficient (Wildman–Crippen LogP) is 4.10. The number of pyridine rings is 1. The molecule has 2 fully saturated rings. The summed E-state index contributed by atoms with van der Waals surface area (Å²) in [5.74, 6) is 1.17. The van der Waals surface area contributed by atoms with Crippen LogP contribution in [0.3, 0.4) is 0 Å². The molecule has 2 aliphatic heterocycles. The van der Waals surface area contributed by atoms with E-state index in [0.29, 0.717) is 18.0 Å². The lowest BCUT2D eigenvalue weighted by molar-refractivity contribution is -0.133. The number of carbonyl (C=O) groups excluding carboxylic acids is 2. The third-order valence-electron chi connectivity index (χ3n) is 5.89. The van der Waals surface area contributed by atoms with Gasteiger partial charge in [-0.2, -0.15) is 0 Å². The first-order valence-corrected chi connectivity index (χ1v) is 11.0. The van der Waals surface area contributed by atoms with Crippen LogP contribution in [0.1, 0.15) is 37.7 Å². The van der Waals surface area contributed by atoms with Crippen molar-refractivity contribution in [1.29, 1.82) is 0 Å². The Kier molecular flexibility index (Phi) is 6.53. The van der Waals surface area contributed by atoms with Gasteiger partial charge < -0.3 is 15.1 Å². The minimum absolute atomic E-state index is 0.0131. The zero-order chi connectivity index (χ0) is 20.9. The molecule has 30 heavy (non-hydrogen) atoms. The minimum Gasteiger partial charge on any atom is -0.357 e. The summed E-state index contributed by atoms with van der Waals surface area (Å²) in [5, 5.41) is 3.69. The first-order valence-electron chi connectivity index (χ1n) is 10.6. The second-order valence-corrected chi connectivity index (χ2v) is 8.49. The number of rotatable bonds is 5. The van der Waals surface area contributed by atoms with Gasteiger partial charge >= 0.3 is 0 Å². The number of piperidine rings is 2. The highest BCUT2D eigenvalue weighted by Gasteiger charge is 2.26. The molecule has 0 atom stereocenters. The molecule has 2 aromatic rings. The van der Waals surface area contributed by atoms with Gasteiger partial charge in [0, 0.05) is 50.4 Å². The van der Waals surface area contributed by atoms with Gasteiger partial charge in [-0.25, -0.2) is 4.98 Å². The maximum Gasteiger partial charge on any atom is 0.227 e. The maximum absolute atomic E-state index is 12.8. The minimum atomic E-state index is -0.0131. The molecule has 0 spiro atoms. The smallest absolute Gasteiger partial charge is 0.227 e. The second kappa shape index (κ2) is 9.47. The van der Waals surface area contributed by atoms with Crippen molar-refractivity contribution in [2.45, 2.75) is 38.6 Å². The fourth-order valence-corrected chi connectivity index (χ4v) is 4.28. The molecule has 6 nitrogen and oxygen atoms in total. The number of anilines is 2. The van der Waals surface area contributed by atoms with Crippen molar-refractivity contribution in [3.8, 4) is 0 Å². The summed E-state index contributed by atoms with van der Waals surface area (Å²) in [5.41, 5.74) is 1.84. The van der Waals surface area contributed by atoms with Crippen molar-refractivity contribution in [3.63, 3.8) is 0 Å². The fourth-order valence-electron chi connectivity index (χ4n) is 4.17. The molecular weight excluding hydrogens is 400 g/mol. The number of carbonyl (C=O) groups is 2. The summed E-state index contributed by atoms with van der Waals surface area (Å²) in [6.07, 6.45) is 5.92. The Bertz CT molecular complexity index is 894. The molecule has 0 saturated carbocycles. The molecule has 0 bridgehead atoms. The number of aromatic nitrogens is 1. The van der Waals surface area contributed by atoms with Gasteiger partial charge in [0.1, 0.15) is 5.82 Å². The average molecular weight is 427 g/mol. The van der Waals surface area contributed by atoms with Crippen molar-refractivity contribution in [2.75, 3.05) is 29.9 Å². The van der Waals surface area contributed by atoms with Crippen LogP contribution in [0, 0.1) is 5.92 Å². The Morgan fingerprint density at radius 3 is 2.70 bits per heavy atom. The Balaban J connectivity index is 1.31. The van der Waals surface area contributed by atoms with Crippen LogP contribution in [0.2, 0.25) is 5.02 Å². The molecule has 3 heterocycles. The SMILES string of the molecule is O=C(Nc1cccc(CN2CCCCC2=O)c1)C1CCN(c2ccc(Cl)cn2)CC1. The van der Waals surface area contributed by atoms with Crippen molar-refractivity contribution in [2.24, 2.45) is 5.92 Å². The number of amides is 2. The van der Waals surface area contributed by atoms with Gasteiger partial charge in [0.2, 0.25) is 11.8 Å². The maximum atomic E-state index is 12.8. The standard InChI is InChI=1S/C23H27ClN4O2/c24-19-7-8-21(25-15-19)27-12-9-18(10-13-27)23(30)26-20-5-3-4-17(14-20)16-28-11-2-1-6-22(28)29/h3-5,7-8,14-15,18H,1-2,6,9-13,16H2,(H,26,30). The Morgan fingerprint density at radius 2 is 1.97 bits per heavy atom. The van der Waals surface area contributed by atoms with E-state index < -0.39 is 0 Å². The van der Waals surface area contributed by atoms with E-state index in [4.69, 9.17) is 11.6 Å². The molecular formula is C23H27ClN4O2. The van der Waals surface area contributed by atoms with Gasteiger partial charge in [-0.1, -0.05) is 23.7 Å². The second-order valence-electron chi connectivity index (χ2n) is 8.06. The van der Waals surface area contributed by atoms with Gasteiger partial charge in [0.15, 0.2) is 0 Å². The molecule has 1 N–H and O–H groups in total. The molecule has 2 saturated heterocycles. The van der Waals surface area contributed by atoms with Crippen molar-refractivity contribution in [3.05, 3.63) is 53.2 Å². The number of hydrogen-bond donors (Lipinski definition) is 1. The topological polar surface area (TPSA) is 65.5 Å². The number of nitrogens with zero attached hydrogens (tertiary/aromatic N) is 3. The average Bonchev–Trinajstić information content (AvgIpc) is 2.76. The summed E-state index contributed by atoms with van der Waals surface area (Å²) < 4.78 is 0. The zero-order valence-corrected chi connectivity index (χ0v) is 17.8. The number of hydrogen-bond acceptors (Lipinski definition) is 4. The number of likely N-dealkylation sites (tertiary alicyclic amines) is 1. The lowest BCUT2D eigenvalue weighted by Crippen LogP contribution is -2.38. The van der Waals surface area contributed by atoms with Gasteiger partial charge in [0.25, 0.3) is 0 Å². The first kappa shape index (κ1) is 20.7. The van der Waals surface area contributed by atoms with Crippen molar-refractivity contribution < 1.29 is 9.59 Å². The van der Waals surface area contributed by atoms with E-state index in [0.717, 1.165) is 62.4 Å². The van der Waals surface area contributed by atoms with Gasteiger partial charge in [-0.05, 0) is 55.5 Å². The van der Waals surface area contributed by atoms with E-state index >= 15 is 0 Å². The van der Waals surface area contributed by atoms with Gasteiger partial charge in [-0.15, -0.1) is 0 Å². The van der Waals surface area contributed by atoms with Crippen LogP contribution in [0.4, 0.5) is 11.5 Å². The molecule has 158 valence electrons. The molecule has 7 heteroatoms. The van der Waals surface area contributed by atoms with E-state index in [1.807, 2.05) is 41.3 Å². The molecule has 1 aromatic heterocycles. The molecule has 1 aromatic carbocycles. The van der Waals surface area contributed by atoms with Gasteiger partial charge in [-0.3, -0.25) is 9.59 Å². The van der Waals surface area contributed by atoms with Crippen LogP contribution >= 0.6 is 11.6 Å². The normalized spacial score (nSPS) is 17.8. The summed E-state index contributed by atoms with van der Waals surface area (Å²) in [7, 11) is 0.